The fourth-order valence-electron chi connectivity index (χ4n) is 4.46. The summed E-state index contributed by atoms with van der Waals surface area (Å²) in [6.07, 6.45) is 2.36. The molecule has 1 rings (SSSR count). The van der Waals surface area contributed by atoms with Gasteiger partial charge in [0.25, 0.3) is 0 Å². The van der Waals surface area contributed by atoms with Crippen LogP contribution in [0.25, 0.3) is 0 Å². The largest absolute Gasteiger partial charge is 0.415 e. The molecule has 0 atom stereocenters. The molecule has 0 saturated heterocycles. The summed E-state index contributed by atoms with van der Waals surface area (Å²) in [5.74, 6) is 0.346. The first-order chi connectivity index (χ1) is 21.8. The number of carbonyl (C=O) groups is 3. The fourth-order valence-corrected chi connectivity index (χ4v) is 4.46. The normalized spacial score (nSPS) is 11.1. The number of hydrogen-bond acceptors (Lipinski definition) is 9. The second-order valence-electron chi connectivity index (χ2n) is 10.7. The Bertz CT molecular complexity index is 961. The van der Waals surface area contributed by atoms with Crippen LogP contribution in [-0.2, 0) is 37.0 Å². The Labute approximate surface area is 270 Å². The van der Waals surface area contributed by atoms with Crippen LogP contribution in [0.1, 0.15) is 71.4 Å². The zero-order chi connectivity index (χ0) is 33.3. The van der Waals surface area contributed by atoms with Crippen LogP contribution < -0.4 is 10.1 Å². The minimum absolute atomic E-state index is 0.0791. The Morgan fingerprint density at radius 1 is 0.800 bits per heavy atom. The van der Waals surface area contributed by atoms with Gasteiger partial charge in [0.15, 0.2) is 0 Å². The third-order valence-electron chi connectivity index (χ3n) is 7.26. The lowest BCUT2D eigenvalue weighted by Crippen LogP contribution is -2.40. The zero-order valence-corrected chi connectivity index (χ0v) is 28.3. The lowest BCUT2D eigenvalue weighted by molar-refractivity contribution is -0.129. The van der Waals surface area contributed by atoms with Gasteiger partial charge in [-0.2, -0.15) is 0 Å². The molecule has 0 fully saturated rings. The summed E-state index contributed by atoms with van der Waals surface area (Å²) in [5, 5.41) is 12.5. The van der Waals surface area contributed by atoms with Crippen molar-refractivity contribution in [2.24, 2.45) is 0 Å². The quantitative estimate of drug-likeness (QED) is 0.147. The molecule has 1 aromatic rings. The Morgan fingerprint density at radius 2 is 1.44 bits per heavy atom. The highest BCUT2D eigenvalue weighted by Crippen LogP contribution is 2.23. The predicted octanol–water partition coefficient (Wildman–Crippen LogP) is 3.44. The summed E-state index contributed by atoms with van der Waals surface area (Å²) in [7, 11) is 0. The van der Waals surface area contributed by atoms with Gasteiger partial charge in [-0.05, 0) is 57.0 Å². The molecule has 0 aliphatic carbocycles. The number of nitrogens with one attached hydrogen (secondary N) is 1. The number of aliphatic hydroxyl groups excluding tert-OH is 1. The summed E-state index contributed by atoms with van der Waals surface area (Å²) >= 11 is 0. The van der Waals surface area contributed by atoms with E-state index >= 15 is 0 Å². The van der Waals surface area contributed by atoms with Gasteiger partial charge in [0.1, 0.15) is 5.75 Å². The number of carbonyl (C=O) groups excluding carboxylic acids is 3. The van der Waals surface area contributed by atoms with Crippen LogP contribution in [0.4, 0.5) is 4.79 Å². The van der Waals surface area contributed by atoms with Crippen molar-refractivity contribution in [3.63, 3.8) is 0 Å². The van der Waals surface area contributed by atoms with E-state index in [9.17, 15) is 19.5 Å². The van der Waals surface area contributed by atoms with E-state index in [4.69, 9.17) is 18.9 Å². The van der Waals surface area contributed by atoms with E-state index in [-0.39, 0.29) is 25.0 Å². The Balaban J connectivity index is 2.44. The monoisotopic (exact) mass is 638 g/mol. The van der Waals surface area contributed by atoms with Crippen LogP contribution in [0, 0.1) is 0 Å². The molecule has 12 nitrogen and oxygen atoms in total. The van der Waals surface area contributed by atoms with Gasteiger partial charge in [-0.25, -0.2) is 4.79 Å². The topological polar surface area (TPSA) is 130 Å². The lowest BCUT2D eigenvalue weighted by atomic mass is 10.1. The van der Waals surface area contributed by atoms with E-state index in [1.54, 1.807) is 28.0 Å². The Morgan fingerprint density at radius 3 is 2.02 bits per heavy atom. The highest BCUT2D eigenvalue weighted by Gasteiger charge is 2.19. The van der Waals surface area contributed by atoms with Crippen molar-refractivity contribution in [1.82, 2.24) is 20.0 Å². The van der Waals surface area contributed by atoms with Crippen molar-refractivity contribution < 1.29 is 38.4 Å². The maximum absolute atomic E-state index is 13.0. The van der Waals surface area contributed by atoms with E-state index in [1.165, 1.54) is 6.92 Å². The second-order valence-corrected chi connectivity index (χ2v) is 10.7. The molecule has 2 N–H and O–H groups in total. The van der Waals surface area contributed by atoms with Crippen molar-refractivity contribution in [3.8, 4) is 5.75 Å². The molecule has 0 saturated carbocycles. The van der Waals surface area contributed by atoms with E-state index in [2.05, 4.69) is 24.1 Å². The van der Waals surface area contributed by atoms with E-state index in [1.807, 2.05) is 13.8 Å². The Kier molecular flexibility index (Phi) is 22.7. The average molecular weight is 639 g/mol. The van der Waals surface area contributed by atoms with Crippen molar-refractivity contribution in [2.75, 3.05) is 85.5 Å². The molecular formula is C33H58N4O8. The first kappa shape index (κ1) is 40.3. The highest BCUT2D eigenvalue weighted by molar-refractivity contribution is 5.75. The first-order valence-electron chi connectivity index (χ1n) is 16.5. The number of ether oxygens (including phenoxy) is 4. The summed E-state index contributed by atoms with van der Waals surface area (Å²) in [6, 6.07) is 5.17. The molecule has 0 unspecified atom stereocenters. The molecule has 258 valence electrons. The summed E-state index contributed by atoms with van der Waals surface area (Å²) in [5.41, 5.74) is 1.33. The lowest BCUT2D eigenvalue weighted by Gasteiger charge is -2.26. The molecule has 0 aromatic heterocycles. The minimum Gasteiger partial charge on any atom is -0.410 e. The number of nitrogens with zero attached hydrogens (tertiary/aromatic N) is 3. The summed E-state index contributed by atoms with van der Waals surface area (Å²) in [4.78, 5) is 42.5. The van der Waals surface area contributed by atoms with Crippen LogP contribution in [0.5, 0.6) is 5.75 Å². The number of hydrogen-bond donors (Lipinski definition) is 2. The molecule has 45 heavy (non-hydrogen) atoms. The number of benzene rings is 1. The molecule has 0 radical (unpaired) electrons. The van der Waals surface area contributed by atoms with Gasteiger partial charge in [-0.3, -0.25) is 9.59 Å². The predicted molar refractivity (Wildman–Crippen MR) is 174 cm³/mol. The third-order valence-corrected chi connectivity index (χ3v) is 7.26. The van der Waals surface area contributed by atoms with Crippen LogP contribution in [0.2, 0.25) is 0 Å². The molecule has 1 aromatic carbocycles. The number of amides is 3. The van der Waals surface area contributed by atoms with Gasteiger partial charge in [0, 0.05) is 71.4 Å². The second kappa shape index (κ2) is 25.4. The maximum atomic E-state index is 13.0. The molecular weight excluding hydrogens is 580 g/mol. The first-order valence-corrected chi connectivity index (χ1v) is 16.5. The minimum atomic E-state index is -0.438. The maximum Gasteiger partial charge on any atom is 0.415 e. The van der Waals surface area contributed by atoms with Crippen LogP contribution in [-0.4, -0.2) is 123 Å². The van der Waals surface area contributed by atoms with Crippen LogP contribution in [0.15, 0.2) is 18.2 Å². The van der Waals surface area contributed by atoms with Gasteiger partial charge in [-0.15, -0.1) is 0 Å². The average Bonchev–Trinajstić information content (AvgIpc) is 3.03. The van der Waals surface area contributed by atoms with E-state index in [0.29, 0.717) is 95.5 Å². The standard InChI is InChI=1S/C33H58N4O8/c1-6-12-32(40)34-15-10-19-42-21-23-44-24-22-43-20-11-16-37(28(5)39)26-30-25-29(27-38)13-14-31(30)45-33(41)36(9-4)18-17-35(7-2)8-3/h13-14,25,38H,6-12,15-24,26-27H2,1-5H3,(H,34,40). The molecule has 12 heteroatoms. The molecule has 0 spiro atoms. The molecule has 0 heterocycles. The van der Waals surface area contributed by atoms with Crippen molar-refractivity contribution in [1.29, 1.82) is 0 Å². The smallest absolute Gasteiger partial charge is 0.410 e. The van der Waals surface area contributed by atoms with E-state index < -0.39 is 6.09 Å². The molecule has 0 bridgehead atoms. The fraction of sp³-hybridized carbons (Fsp3) is 0.727. The highest BCUT2D eigenvalue weighted by atomic mass is 16.6. The number of aliphatic hydroxyl groups is 1. The van der Waals surface area contributed by atoms with Crippen LogP contribution in [0.3, 0.4) is 0 Å². The van der Waals surface area contributed by atoms with Gasteiger partial charge < -0.3 is 44.1 Å². The molecule has 0 aliphatic rings. The zero-order valence-electron chi connectivity index (χ0n) is 28.3. The van der Waals surface area contributed by atoms with E-state index in [0.717, 1.165) is 32.5 Å². The van der Waals surface area contributed by atoms with Gasteiger partial charge in [-0.1, -0.05) is 26.8 Å². The van der Waals surface area contributed by atoms with Gasteiger partial charge in [0.05, 0.1) is 33.0 Å². The number of likely N-dealkylation sites (N-methyl/N-ethyl adjacent to an activating group) is 2. The van der Waals surface area contributed by atoms with Crippen molar-refractivity contribution in [3.05, 3.63) is 29.3 Å². The van der Waals surface area contributed by atoms with Crippen molar-refractivity contribution in [2.45, 2.75) is 73.5 Å². The Hall–Kier alpha value is -2.77. The summed E-state index contributed by atoms with van der Waals surface area (Å²) in [6.45, 7) is 17.3. The molecule has 3 amide bonds. The molecule has 0 aliphatic heterocycles. The van der Waals surface area contributed by atoms with Crippen molar-refractivity contribution >= 4 is 17.9 Å². The summed E-state index contributed by atoms with van der Waals surface area (Å²) < 4.78 is 22.5. The van der Waals surface area contributed by atoms with Gasteiger partial charge >= 0.3 is 6.09 Å². The van der Waals surface area contributed by atoms with Crippen LogP contribution >= 0.6 is 0 Å². The third kappa shape index (κ3) is 18.1. The van der Waals surface area contributed by atoms with Gasteiger partial charge in [0.2, 0.25) is 11.8 Å². The SMILES string of the molecule is CCCC(=O)NCCCOCCOCCOCCCN(Cc1cc(CO)ccc1OC(=O)N(CC)CCN(CC)CC)C(C)=O. The number of rotatable bonds is 26.